The molecule has 5 rings (SSSR count). The van der Waals surface area contributed by atoms with Crippen LogP contribution in [0.4, 0.5) is 0 Å². The molecule has 0 bridgehead atoms. The van der Waals surface area contributed by atoms with Crippen molar-refractivity contribution >= 4 is 11.0 Å². The van der Waals surface area contributed by atoms with Crippen molar-refractivity contribution in [2.24, 2.45) is 0 Å². The predicted molar refractivity (Wildman–Crippen MR) is 138 cm³/mol. The van der Waals surface area contributed by atoms with Gasteiger partial charge in [-0.25, -0.2) is 4.42 Å². The maximum Gasteiger partial charge on any atom is 0.402 e. The zero-order valence-electron chi connectivity index (χ0n) is 22.0. The quantitative estimate of drug-likeness (QED) is 0.128. The van der Waals surface area contributed by atoms with E-state index in [9.17, 15) is 51.1 Å². The molecule has 2 aliphatic heterocycles. The highest BCUT2D eigenvalue weighted by Gasteiger charge is 2.51. The van der Waals surface area contributed by atoms with Gasteiger partial charge in [0.2, 0.25) is 17.8 Å². The molecule has 15 nitrogen and oxygen atoms in total. The van der Waals surface area contributed by atoms with Gasteiger partial charge in [0.15, 0.2) is 17.8 Å². The van der Waals surface area contributed by atoms with E-state index in [-0.39, 0.29) is 33.8 Å². The normalized spacial score (nSPS) is 33.5. The average Bonchev–Trinajstić information content (AvgIpc) is 2.93. The molecule has 42 heavy (non-hydrogen) atoms. The Morgan fingerprint density at radius 1 is 0.881 bits per heavy atom. The summed E-state index contributed by atoms with van der Waals surface area (Å²) in [5.41, 5.74) is 0.160. The second kappa shape index (κ2) is 11.3. The molecule has 0 amide bonds. The van der Waals surface area contributed by atoms with Gasteiger partial charge in [0.1, 0.15) is 54.0 Å². The van der Waals surface area contributed by atoms with E-state index in [4.69, 9.17) is 23.4 Å². The van der Waals surface area contributed by atoms with Crippen LogP contribution in [-0.2, 0) is 14.2 Å². The molecule has 228 valence electrons. The van der Waals surface area contributed by atoms with E-state index in [1.807, 2.05) is 0 Å². The number of hydrogen-bond donors (Lipinski definition) is 10. The Kier molecular flexibility index (Phi) is 8.06. The van der Waals surface area contributed by atoms with Crippen molar-refractivity contribution in [2.75, 3.05) is 6.61 Å². The molecule has 3 heterocycles. The van der Waals surface area contributed by atoms with E-state index >= 15 is 0 Å². The molecule has 0 radical (unpaired) electrons. The minimum absolute atomic E-state index is 0.000395. The van der Waals surface area contributed by atoms with Crippen molar-refractivity contribution in [1.82, 2.24) is 0 Å². The van der Waals surface area contributed by atoms with Crippen molar-refractivity contribution in [3.8, 4) is 40.1 Å². The lowest BCUT2D eigenvalue weighted by molar-refractivity contribution is -0.383. The second-order valence-electron chi connectivity index (χ2n) is 10.3. The average molecular weight is 596 g/mol. The van der Waals surface area contributed by atoms with Gasteiger partial charge in [-0.15, -0.1) is 0 Å². The largest absolute Gasteiger partial charge is 0.507 e. The first-order valence-electron chi connectivity index (χ1n) is 12.9. The Morgan fingerprint density at radius 2 is 1.62 bits per heavy atom. The van der Waals surface area contributed by atoms with Gasteiger partial charge in [-0.05, 0) is 19.1 Å². The lowest BCUT2D eigenvalue weighted by Crippen LogP contribution is -2.62. The number of benzene rings is 2. The molecular formula is C27H31O15+. The first-order valence-corrected chi connectivity index (χ1v) is 12.9. The van der Waals surface area contributed by atoms with Gasteiger partial charge in [0.05, 0.1) is 17.7 Å². The molecule has 2 saturated heterocycles. The highest BCUT2D eigenvalue weighted by Crippen LogP contribution is 2.42. The van der Waals surface area contributed by atoms with Gasteiger partial charge < -0.3 is 70.0 Å². The highest BCUT2D eigenvalue weighted by atomic mass is 16.8. The van der Waals surface area contributed by atoms with Crippen LogP contribution in [0, 0.1) is 0 Å². The van der Waals surface area contributed by atoms with Crippen LogP contribution >= 0.6 is 0 Å². The Labute approximate surface area is 237 Å². The van der Waals surface area contributed by atoms with Crippen LogP contribution in [-0.4, -0.2) is 113 Å². The Morgan fingerprint density at radius 3 is 2.33 bits per heavy atom. The summed E-state index contributed by atoms with van der Waals surface area (Å²) in [6, 6.07) is 7.21. The summed E-state index contributed by atoms with van der Waals surface area (Å²) in [5.74, 6) is -4.46. The van der Waals surface area contributed by atoms with Crippen LogP contribution in [0.3, 0.4) is 0 Å². The van der Waals surface area contributed by atoms with Gasteiger partial charge in [0.25, 0.3) is 0 Å². The standard InChI is InChI=1S/C27H30O15/c1-10-21(34)22(35)23(36)26(39-10)38-9-27(37)20(33)8-17(32)25(42-27)41-19-7-13-15(30)5-12(28)6-18(13)40-24(19)11-2-3-14(29)16(31)4-11/h2-7,10,17,20-23,25-26,32-37H,8-9H2,1H3,(H3-,28,29,30,31)/p+1/t10?,17?,20-,21-,22-,23?,25+,26+,27?/m0/s1. The highest BCUT2D eigenvalue weighted by molar-refractivity contribution is 5.88. The lowest BCUT2D eigenvalue weighted by Gasteiger charge is -2.44. The number of phenolic OH excluding ortho intramolecular Hbond substituents is 4. The summed E-state index contributed by atoms with van der Waals surface area (Å²) in [4.78, 5) is 0. The van der Waals surface area contributed by atoms with Gasteiger partial charge >= 0.3 is 11.3 Å². The van der Waals surface area contributed by atoms with Crippen molar-refractivity contribution in [1.29, 1.82) is 0 Å². The number of ether oxygens (including phenoxy) is 4. The van der Waals surface area contributed by atoms with Gasteiger partial charge in [-0.2, -0.15) is 0 Å². The fraction of sp³-hybridized carbons (Fsp3) is 0.444. The molecule has 1 aromatic heterocycles. The van der Waals surface area contributed by atoms with Gasteiger partial charge in [-0.3, -0.25) is 0 Å². The zero-order chi connectivity index (χ0) is 30.5. The third-order valence-corrected chi connectivity index (χ3v) is 7.18. The fourth-order valence-electron chi connectivity index (χ4n) is 4.73. The number of fused-ring (bicyclic) bond motifs is 1. The third-order valence-electron chi connectivity index (χ3n) is 7.18. The van der Waals surface area contributed by atoms with Crippen molar-refractivity contribution in [3.05, 3.63) is 36.4 Å². The van der Waals surface area contributed by atoms with Crippen molar-refractivity contribution in [2.45, 2.75) is 68.3 Å². The zero-order valence-corrected chi connectivity index (χ0v) is 22.0. The maximum absolute atomic E-state index is 11.1. The second-order valence-corrected chi connectivity index (χ2v) is 10.3. The van der Waals surface area contributed by atoms with Crippen LogP contribution in [0.25, 0.3) is 22.3 Å². The summed E-state index contributed by atoms with van der Waals surface area (Å²) < 4.78 is 28.0. The Bertz CT molecular complexity index is 1450. The molecule has 10 N–H and O–H groups in total. The number of aromatic hydroxyl groups is 4. The number of aliphatic hydroxyl groups is 6. The first-order chi connectivity index (χ1) is 19.8. The predicted octanol–water partition coefficient (Wildman–Crippen LogP) is -0.417. The number of aliphatic hydroxyl groups excluding tert-OH is 5. The SMILES string of the molecule is CC1O[C@@H](OCC2(O)O[C@@H](Oc3cc4c(O)cc(O)cc4[o+]c3-c3ccc(O)c(O)c3)C(O)C[C@@H]2O)C(O)[C@@H](O)[C@H]1O. The van der Waals surface area contributed by atoms with E-state index < -0.39 is 85.3 Å². The minimum Gasteiger partial charge on any atom is -0.507 e. The first kappa shape index (κ1) is 30.0. The van der Waals surface area contributed by atoms with Crippen molar-refractivity contribution in [3.63, 3.8) is 0 Å². The molecule has 0 aliphatic carbocycles. The molecule has 0 spiro atoms. The van der Waals surface area contributed by atoms with Crippen LogP contribution in [0.15, 0.2) is 40.8 Å². The van der Waals surface area contributed by atoms with Gasteiger partial charge in [0, 0.05) is 24.6 Å². The number of hydrogen-bond acceptors (Lipinski definition) is 14. The molecule has 4 unspecified atom stereocenters. The molecule has 0 saturated carbocycles. The molecule has 15 heteroatoms. The van der Waals surface area contributed by atoms with Crippen LogP contribution < -0.4 is 4.74 Å². The van der Waals surface area contributed by atoms with E-state index in [1.165, 1.54) is 31.2 Å². The molecule has 9 atom stereocenters. The topological polar surface area (TPSA) is 251 Å². The summed E-state index contributed by atoms with van der Waals surface area (Å²) in [6.45, 7) is 0.592. The Balaban J connectivity index is 1.44. The van der Waals surface area contributed by atoms with E-state index in [0.29, 0.717) is 0 Å². The molecular weight excluding hydrogens is 564 g/mol. The molecule has 2 aromatic carbocycles. The smallest absolute Gasteiger partial charge is 0.402 e. The number of phenols is 4. The maximum atomic E-state index is 11.1. The summed E-state index contributed by atoms with van der Waals surface area (Å²) in [6.07, 6.45) is -12.6. The minimum atomic E-state index is -2.53. The summed E-state index contributed by atoms with van der Waals surface area (Å²) >= 11 is 0. The molecule has 2 fully saturated rings. The monoisotopic (exact) mass is 595 g/mol. The van der Waals surface area contributed by atoms with E-state index in [0.717, 1.165) is 12.1 Å². The lowest BCUT2D eigenvalue weighted by atomic mass is 9.98. The molecule has 3 aromatic rings. The third kappa shape index (κ3) is 5.61. The summed E-state index contributed by atoms with van der Waals surface area (Å²) in [7, 11) is 0. The molecule has 2 aliphatic rings. The van der Waals surface area contributed by atoms with Crippen LogP contribution in [0.2, 0.25) is 0 Å². The van der Waals surface area contributed by atoms with Crippen LogP contribution in [0.1, 0.15) is 13.3 Å². The van der Waals surface area contributed by atoms with Crippen LogP contribution in [0.5, 0.6) is 28.7 Å². The van der Waals surface area contributed by atoms with Gasteiger partial charge in [-0.1, -0.05) is 0 Å². The van der Waals surface area contributed by atoms with Crippen molar-refractivity contribution < 1.29 is 74.4 Å². The van der Waals surface area contributed by atoms with E-state index in [2.05, 4.69) is 0 Å². The van der Waals surface area contributed by atoms with E-state index in [1.54, 1.807) is 0 Å². The summed E-state index contributed by atoms with van der Waals surface area (Å²) in [5, 5.41) is 103. The Hall–Kier alpha value is -3.51. The number of rotatable bonds is 6. The fourth-order valence-corrected chi connectivity index (χ4v) is 4.73.